The van der Waals surface area contributed by atoms with Crippen molar-refractivity contribution in [2.45, 2.75) is 90.4 Å². The molecule has 0 radical (unpaired) electrons. The predicted molar refractivity (Wildman–Crippen MR) is 120 cm³/mol. The topological polar surface area (TPSA) is 83.8 Å². The Bertz CT molecular complexity index is 678. The van der Waals surface area contributed by atoms with E-state index in [9.17, 15) is 19.8 Å². The first-order valence-electron chi connectivity index (χ1n) is 11.3. The summed E-state index contributed by atoms with van der Waals surface area (Å²) in [5.41, 5.74) is 0.151. The van der Waals surface area contributed by atoms with Crippen molar-refractivity contribution in [3.63, 3.8) is 0 Å². The number of aromatic hydroxyl groups is 2. The Balaban J connectivity index is 2.05. The molecular weight excluding hydrogens is 380 g/mol. The van der Waals surface area contributed by atoms with Gasteiger partial charge >= 0.3 is 0 Å². The summed E-state index contributed by atoms with van der Waals surface area (Å²) >= 11 is 0. The summed E-state index contributed by atoms with van der Waals surface area (Å²) in [5.74, 6) is -0.0705. The Morgan fingerprint density at radius 3 is 1.93 bits per heavy atom. The molecule has 1 aromatic carbocycles. The van der Waals surface area contributed by atoms with Crippen LogP contribution in [0.3, 0.4) is 0 Å². The van der Waals surface area contributed by atoms with Crippen LogP contribution in [0.1, 0.15) is 101 Å². The first kappa shape index (κ1) is 25.7. The van der Waals surface area contributed by atoms with Gasteiger partial charge in [-0.25, -0.2) is 0 Å². The number of benzene rings is 1. The van der Waals surface area contributed by atoms with Crippen molar-refractivity contribution in [3.05, 3.63) is 29.8 Å². The number of Topliss-reactive ketones (excluding diaryl/α,β-unsaturated/α-hetero) is 1. The molecule has 0 fully saturated rings. The number of hydrogen-bond donors (Lipinski definition) is 2. The molecule has 0 atom stereocenters. The van der Waals surface area contributed by atoms with Gasteiger partial charge in [-0.2, -0.15) is 0 Å². The summed E-state index contributed by atoms with van der Waals surface area (Å²) < 4.78 is 5.10. The number of methoxy groups -OCH3 is 1. The van der Waals surface area contributed by atoms with Crippen LogP contribution in [0.15, 0.2) is 24.3 Å². The van der Waals surface area contributed by atoms with Gasteiger partial charge in [0.15, 0.2) is 11.6 Å². The average Bonchev–Trinajstić information content (AvgIpc) is 2.72. The van der Waals surface area contributed by atoms with E-state index in [0.29, 0.717) is 12.8 Å². The Kier molecular flexibility index (Phi) is 13.3. The second kappa shape index (κ2) is 15.5. The summed E-state index contributed by atoms with van der Waals surface area (Å²) in [6.07, 6.45) is 16.6. The van der Waals surface area contributed by atoms with Crippen molar-refractivity contribution in [2.24, 2.45) is 0 Å². The standard InChI is InChI=1S/C25H38O5/c1-3-4-15-20(26)16-13-11-9-7-5-6-8-10-12-14-17-22(28)25-23(29)18-21(27)19-24(25)30-2/h4,15,18-19,27,29H,3,5-14,16-17H2,1-2H3/b15-4+. The van der Waals surface area contributed by atoms with E-state index in [1.54, 1.807) is 6.08 Å². The molecule has 2 N–H and O–H groups in total. The largest absolute Gasteiger partial charge is 0.508 e. The summed E-state index contributed by atoms with van der Waals surface area (Å²) in [4.78, 5) is 23.9. The maximum atomic E-state index is 12.4. The first-order valence-corrected chi connectivity index (χ1v) is 11.3. The van der Waals surface area contributed by atoms with Crippen LogP contribution in [0.4, 0.5) is 0 Å². The highest BCUT2D eigenvalue weighted by molar-refractivity contribution is 6.01. The summed E-state index contributed by atoms with van der Waals surface area (Å²) in [7, 11) is 1.41. The lowest BCUT2D eigenvalue weighted by Crippen LogP contribution is -2.03. The zero-order valence-corrected chi connectivity index (χ0v) is 18.6. The highest BCUT2D eigenvalue weighted by atomic mass is 16.5. The first-order chi connectivity index (χ1) is 14.5. The maximum Gasteiger partial charge on any atom is 0.170 e. The van der Waals surface area contributed by atoms with Crippen LogP contribution in [0.25, 0.3) is 0 Å². The van der Waals surface area contributed by atoms with Gasteiger partial charge in [-0.3, -0.25) is 9.59 Å². The number of ketones is 2. The number of carbonyl (C=O) groups is 2. The molecule has 5 nitrogen and oxygen atoms in total. The van der Waals surface area contributed by atoms with Crippen LogP contribution in [0, 0.1) is 0 Å². The third-order valence-electron chi connectivity index (χ3n) is 5.18. The van der Waals surface area contributed by atoms with Crippen molar-refractivity contribution >= 4 is 11.6 Å². The molecule has 1 rings (SSSR count). The van der Waals surface area contributed by atoms with E-state index in [2.05, 4.69) is 0 Å². The van der Waals surface area contributed by atoms with E-state index in [-0.39, 0.29) is 34.4 Å². The summed E-state index contributed by atoms with van der Waals surface area (Å²) in [6, 6.07) is 2.51. The van der Waals surface area contributed by atoms with E-state index >= 15 is 0 Å². The van der Waals surface area contributed by atoms with Gasteiger partial charge in [-0.1, -0.05) is 64.4 Å². The van der Waals surface area contributed by atoms with Crippen molar-refractivity contribution in [1.29, 1.82) is 0 Å². The number of phenolic OH excluding ortho intramolecular Hbond substituents is 2. The predicted octanol–water partition coefficient (Wildman–Crippen LogP) is 6.51. The molecule has 0 spiro atoms. The van der Waals surface area contributed by atoms with Gasteiger partial charge in [0, 0.05) is 25.0 Å². The van der Waals surface area contributed by atoms with Crippen LogP contribution in [-0.4, -0.2) is 28.9 Å². The number of ether oxygens (including phenoxy) is 1. The average molecular weight is 419 g/mol. The van der Waals surface area contributed by atoms with Crippen LogP contribution in [0.5, 0.6) is 17.2 Å². The van der Waals surface area contributed by atoms with Crippen molar-refractivity contribution in [3.8, 4) is 17.2 Å². The molecule has 0 saturated carbocycles. The van der Waals surface area contributed by atoms with E-state index < -0.39 is 0 Å². The molecule has 0 heterocycles. The minimum atomic E-state index is -0.237. The number of hydrogen-bond acceptors (Lipinski definition) is 5. The van der Waals surface area contributed by atoms with Crippen LogP contribution < -0.4 is 4.74 Å². The number of rotatable bonds is 17. The zero-order chi connectivity index (χ0) is 22.2. The molecule has 1 aromatic rings. The van der Waals surface area contributed by atoms with Crippen LogP contribution in [0.2, 0.25) is 0 Å². The van der Waals surface area contributed by atoms with Crippen LogP contribution in [-0.2, 0) is 4.79 Å². The van der Waals surface area contributed by atoms with Gasteiger partial charge in [0.05, 0.1) is 7.11 Å². The molecule has 168 valence electrons. The summed E-state index contributed by atoms with van der Waals surface area (Å²) in [6.45, 7) is 2.03. The highest BCUT2D eigenvalue weighted by Gasteiger charge is 2.18. The third kappa shape index (κ3) is 10.5. The molecule has 0 aliphatic heterocycles. The second-order valence-corrected chi connectivity index (χ2v) is 7.78. The van der Waals surface area contributed by atoms with E-state index in [1.807, 2.05) is 13.0 Å². The lowest BCUT2D eigenvalue weighted by Gasteiger charge is -2.10. The number of phenols is 2. The van der Waals surface area contributed by atoms with E-state index in [4.69, 9.17) is 4.74 Å². The Morgan fingerprint density at radius 1 is 0.867 bits per heavy atom. The molecule has 0 aromatic heterocycles. The quantitative estimate of drug-likeness (QED) is 0.171. The third-order valence-corrected chi connectivity index (χ3v) is 5.18. The van der Waals surface area contributed by atoms with Crippen molar-refractivity contribution < 1.29 is 24.5 Å². The molecule has 5 heteroatoms. The number of unbranched alkanes of at least 4 members (excludes halogenated alkanes) is 9. The van der Waals surface area contributed by atoms with Crippen molar-refractivity contribution in [1.82, 2.24) is 0 Å². The minimum Gasteiger partial charge on any atom is -0.508 e. The molecule has 30 heavy (non-hydrogen) atoms. The van der Waals surface area contributed by atoms with Gasteiger partial charge in [0.25, 0.3) is 0 Å². The second-order valence-electron chi connectivity index (χ2n) is 7.78. The smallest absolute Gasteiger partial charge is 0.170 e. The number of allylic oxidation sites excluding steroid dienone is 2. The van der Waals surface area contributed by atoms with Gasteiger partial charge in [-0.15, -0.1) is 0 Å². The monoisotopic (exact) mass is 418 g/mol. The Hall–Kier alpha value is -2.30. The lowest BCUT2D eigenvalue weighted by atomic mass is 10.0. The highest BCUT2D eigenvalue weighted by Crippen LogP contribution is 2.34. The summed E-state index contributed by atoms with van der Waals surface area (Å²) in [5, 5.41) is 19.4. The van der Waals surface area contributed by atoms with Gasteiger partial charge in [0.1, 0.15) is 22.8 Å². The molecular formula is C25H38O5. The number of carbonyl (C=O) groups excluding carboxylic acids is 2. The fourth-order valence-corrected chi connectivity index (χ4v) is 3.48. The van der Waals surface area contributed by atoms with E-state index in [1.165, 1.54) is 45.3 Å². The molecule has 0 aliphatic rings. The fraction of sp³-hybridized carbons (Fsp3) is 0.600. The normalized spacial score (nSPS) is 11.1. The van der Waals surface area contributed by atoms with E-state index in [0.717, 1.165) is 44.6 Å². The Morgan fingerprint density at radius 2 is 1.40 bits per heavy atom. The van der Waals surface area contributed by atoms with Crippen LogP contribution >= 0.6 is 0 Å². The maximum absolute atomic E-state index is 12.4. The molecule has 0 aliphatic carbocycles. The molecule has 0 unspecified atom stereocenters. The van der Waals surface area contributed by atoms with Gasteiger partial charge < -0.3 is 14.9 Å². The van der Waals surface area contributed by atoms with Gasteiger partial charge in [-0.05, 0) is 25.3 Å². The van der Waals surface area contributed by atoms with Crippen molar-refractivity contribution in [2.75, 3.05) is 7.11 Å². The zero-order valence-electron chi connectivity index (χ0n) is 18.6. The fourth-order valence-electron chi connectivity index (χ4n) is 3.48. The molecule has 0 amide bonds. The SMILES string of the molecule is CC/C=C/C(=O)CCCCCCCCCCCCC(=O)c1c(O)cc(O)cc1OC. The molecule has 0 bridgehead atoms. The Labute approximate surface area is 181 Å². The molecule has 0 saturated heterocycles. The lowest BCUT2D eigenvalue weighted by molar-refractivity contribution is -0.114. The minimum absolute atomic E-state index is 0.126. The van der Waals surface area contributed by atoms with Gasteiger partial charge in [0.2, 0.25) is 0 Å².